The van der Waals surface area contributed by atoms with Gasteiger partial charge in [0.15, 0.2) is 0 Å². The molecule has 0 spiro atoms. The van der Waals surface area contributed by atoms with Crippen LogP contribution >= 0.6 is 11.3 Å². The molecule has 0 N–H and O–H groups in total. The Balaban J connectivity index is 2.51. The number of nitrogens with zero attached hydrogens (tertiary/aromatic N) is 2. The maximum absolute atomic E-state index is 12.0. The summed E-state index contributed by atoms with van der Waals surface area (Å²) >= 11 is 1.27. The molecule has 0 aliphatic heterocycles. The molecule has 0 saturated heterocycles. The second kappa shape index (κ2) is 3.96. The lowest BCUT2D eigenvalue weighted by atomic mass is 10.2. The number of rotatable bonds is 2. The number of benzene rings is 1. The van der Waals surface area contributed by atoms with Gasteiger partial charge in [0.2, 0.25) is 0 Å². The molecule has 1 aromatic carbocycles. The molecule has 0 aliphatic rings. The zero-order chi connectivity index (χ0) is 11.8. The van der Waals surface area contributed by atoms with Crippen molar-refractivity contribution in [2.75, 3.05) is 0 Å². The van der Waals surface area contributed by atoms with Crippen LogP contribution in [0.1, 0.15) is 13.3 Å². The Morgan fingerprint density at radius 1 is 1.35 bits per heavy atom. The molecule has 3 aromatic rings. The first-order chi connectivity index (χ1) is 8.31. The van der Waals surface area contributed by atoms with Crippen LogP contribution in [0.25, 0.3) is 21.1 Å². The van der Waals surface area contributed by atoms with E-state index in [4.69, 9.17) is 0 Å². The van der Waals surface area contributed by atoms with Crippen molar-refractivity contribution in [3.8, 4) is 0 Å². The first-order valence-electron chi connectivity index (χ1n) is 5.68. The van der Waals surface area contributed by atoms with Crippen molar-refractivity contribution in [3.05, 3.63) is 40.1 Å². The van der Waals surface area contributed by atoms with Crippen LogP contribution in [-0.2, 0) is 6.54 Å². The zero-order valence-electron chi connectivity index (χ0n) is 9.51. The molecule has 3 rings (SSSR count). The molecule has 17 heavy (non-hydrogen) atoms. The molecular formula is C13H12N2OS. The fourth-order valence-electron chi connectivity index (χ4n) is 2.12. The topological polar surface area (TPSA) is 34.9 Å². The van der Waals surface area contributed by atoms with Crippen molar-refractivity contribution in [3.63, 3.8) is 0 Å². The van der Waals surface area contributed by atoms with Crippen LogP contribution in [0.5, 0.6) is 0 Å². The normalized spacial score (nSPS) is 11.4. The molecule has 86 valence electrons. The minimum atomic E-state index is 0.0496. The third-order valence-corrected chi connectivity index (χ3v) is 3.80. The molecule has 0 unspecified atom stereocenters. The summed E-state index contributed by atoms with van der Waals surface area (Å²) in [5, 5.41) is 1.12. The van der Waals surface area contributed by atoms with Crippen molar-refractivity contribution in [2.45, 2.75) is 19.9 Å². The van der Waals surface area contributed by atoms with Gasteiger partial charge in [0.1, 0.15) is 5.52 Å². The van der Waals surface area contributed by atoms with Gasteiger partial charge in [0.25, 0.3) is 4.74 Å². The van der Waals surface area contributed by atoms with Gasteiger partial charge in [-0.3, -0.25) is 4.79 Å². The van der Waals surface area contributed by atoms with Crippen LogP contribution < -0.4 is 4.74 Å². The van der Waals surface area contributed by atoms with Gasteiger partial charge < -0.3 is 4.57 Å². The predicted molar refractivity (Wildman–Crippen MR) is 71.7 cm³/mol. The second-order valence-corrected chi connectivity index (χ2v) is 5.04. The van der Waals surface area contributed by atoms with Crippen molar-refractivity contribution < 1.29 is 0 Å². The Hall–Kier alpha value is -1.68. The summed E-state index contributed by atoms with van der Waals surface area (Å²) in [6.45, 7) is 3.02. The summed E-state index contributed by atoms with van der Waals surface area (Å²) in [5.41, 5.74) is 1.58. The summed E-state index contributed by atoms with van der Waals surface area (Å²) in [6, 6.07) is 8.01. The van der Waals surface area contributed by atoms with Crippen molar-refractivity contribution >= 4 is 32.5 Å². The lowest BCUT2D eigenvalue weighted by Crippen LogP contribution is -1.99. The van der Waals surface area contributed by atoms with Crippen LogP contribution in [0.2, 0.25) is 0 Å². The van der Waals surface area contributed by atoms with Gasteiger partial charge in [-0.1, -0.05) is 36.5 Å². The first-order valence-corrected chi connectivity index (χ1v) is 6.49. The molecular weight excluding hydrogens is 232 g/mol. The van der Waals surface area contributed by atoms with E-state index in [2.05, 4.69) is 22.5 Å². The number of fused-ring (bicyclic) bond motifs is 3. The van der Waals surface area contributed by atoms with Crippen LogP contribution in [-0.4, -0.2) is 9.55 Å². The molecule has 0 amide bonds. The smallest absolute Gasteiger partial charge is 0.260 e. The van der Waals surface area contributed by atoms with Gasteiger partial charge in [0, 0.05) is 16.6 Å². The van der Waals surface area contributed by atoms with Gasteiger partial charge in [-0.05, 0) is 12.5 Å². The highest BCUT2D eigenvalue weighted by Gasteiger charge is 2.10. The quantitative estimate of drug-likeness (QED) is 0.694. The number of aromatic nitrogens is 2. The molecule has 0 fully saturated rings. The van der Waals surface area contributed by atoms with E-state index < -0.39 is 0 Å². The van der Waals surface area contributed by atoms with Gasteiger partial charge in [0.05, 0.1) is 11.8 Å². The third-order valence-electron chi connectivity index (χ3n) is 2.84. The number of hydrogen-bond donors (Lipinski definition) is 0. The highest BCUT2D eigenvalue weighted by atomic mass is 32.1. The van der Waals surface area contributed by atoms with Crippen LogP contribution in [0, 0.1) is 0 Å². The minimum Gasteiger partial charge on any atom is -0.330 e. The van der Waals surface area contributed by atoms with Gasteiger partial charge in [-0.15, -0.1) is 0 Å². The first kappa shape index (κ1) is 10.5. The second-order valence-electron chi connectivity index (χ2n) is 4.02. The largest absolute Gasteiger partial charge is 0.330 e. The summed E-state index contributed by atoms with van der Waals surface area (Å²) in [6.07, 6.45) is 2.81. The van der Waals surface area contributed by atoms with Gasteiger partial charge >= 0.3 is 0 Å². The van der Waals surface area contributed by atoms with E-state index in [9.17, 15) is 4.79 Å². The molecule has 0 aliphatic carbocycles. The monoisotopic (exact) mass is 244 g/mol. The standard InChI is InChI=1S/C13H12N2OS/c1-2-7-15-8-14-11-12(15)9-5-3-4-6-10(9)17-13(11)16/h3-6,8H,2,7H2,1H3. The van der Waals surface area contributed by atoms with Gasteiger partial charge in [-0.25, -0.2) is 4.98 Å². The minimum absolute atomic E-state index is 0.0496. The SMILES string of the molecule is CCCn1cnc2c(=O)sc3ccccc3c21. The summed E-state index contributed by atoms with van der Waals surface area (Å²) in [7, 11) is 0. The highest BCUT2D eigenvalue weighted by molar-refractivity contribution is 7.16. The lowest BCUT2D eigenvalue weighted by Gasteiger charge is -2.03. The van der Waals surface area contributed by atoms with E-state index in [1.165, 1.54) is 11.3 Å². The molecule has 0 bridgehead atoms. The Labute approximate surface area is 102 Å². The van der Waals surface area contributed by atoms with E-state index >= 15 is 0 Å². The fraction of sp³-hybridized carbons (Fsp3) is 0.231. The zero-order valence-corrected chi connectivity index (χ0v) is 10.3. The van der Waals surface area contributed by atoms with E-state index in [1.807, 2.05) is 18.2 Å². The predicted octanol–water partition coefficient (Wildman–Crippen LogP) is 3.02. The number of hydrogen-bond acceptors (Lipinski definition) is 3. The van der Waals surface area contributed by atoms with E-state index in [0.717, 1.165) is 28.6 Å². The molecule has 3 nitrogen and oxygen atoms in total. The van der Waals surface area contributed by atoms with Crippen LogP contribution in [0.3, 0.4) is 0 Å². The van der Waals surface area contributed by atoms with E-state index in [1.54, 1.807) is 6.33 Å². The summed E-state index contributed by atoms with van der Waals surface area (Å²) < 4.78 is 3.16. The van der Waals surface area contributed by atoms with Crippen molar-refractivity contribution in [1.82, 2.24) is 9.55 Å². The fourth-order valence-corrected chi connectivity index (χ4v) is 2.99. The number of aryl methyl sites for hydroxylation is 1. The van der Waals surface area contributed by atoms with Gasteiger partial charge in [-0.2, -0.15) is 0 Å². The molecule has 4 heteroatoms. The van der Waals surface area contributed by atoms with Crippen LogP contribution in [0.4, 0.5) is 0 Å². The Bertz CT molecular complexity index is 742. The average molecular weight is 244 g/mol. The van der Waals surface area contributed by atoms with Crippen LogP contribution in [0.15, 0.2) is 35.4 Å². The highest BCUT2D eigenvalue weighted by Crippen LogP contribution is 2.24. The van der Waals surface area contributed by atoms with Crippen molar-refractivity contribution in [2.24, 2.45) is 0 Å². The number of imidazole rings is 1. The Morgan fingerprint density at radius 2 is 2.18 bits per heavy atom. The lowest BCUT2D eigenvalue weighted by molar-refractivity contribution is 0.698. The Kier molecular flexibility index (Phi) is 2.44. The summed E-state index contributed by atoms with van der Waals surface area (Å²) in [4.78, 5) is 16.2. The molecule has 2 aromatic heterocycles. The molecule has 0 saturated carbocycles. The maximum atomic E-state index is 12.0. The molecule has 0 atom stereocenters. The Morgan fingerprint density at radius 3 is 3.00 bits per heavy atom. The maximum Gasteiger partial charge on any atom is 0.260 e. The average Bonchev–Trinajstić information content (AvgIpc) is 2.75. The third kappa shape index (κ3) is 1.56. The van der Waals surface area contributed by atoms with E-state index in [0.29, 0.717) is 5.52 Å². The molecule has 2 heterocycles. The molecule has 0 radical (unpaired) electrons. The van der Waals surface area contributed by atoms with E-state index in [-0.39, 0.29) is 4.74 Å². The van der Waals surface area contributed by atoms with Crippen molar-refractivity contribution in [1.29, 1.82) is 0 Å². The summed E-state index contributed by atoms with van der Waals surface area (Å²) in [5.74, 6) is 0.